The second-order valence-corrected chi connectivity index (χ2v) is 6.59. The quantitative estimate of drug-likeness (QED) is 0.767. The maximum Gasteiger partial charge on any atom is 0.0370 e. The Morgan fingerprint density at radius 3 is 2.32 bits per heavy atom. The third-order valence-electron chi connectivity index (χ3n) is 5.36. The van der Waals surface area contributed by atoms with E-state index in [1.165, 1.54) is 69.3 Å². The van der Waals surface area contributed by atoms with Crippen LogP contribution in [-0.2, 0) is 0 Å². The molecule has 0 aromatic heterocycles. The van der Waals surface area contributed by atoms with E-state index in [-0.39, 0.29) is 0 Å². The molecule has 2 heteroatoms. The maximum absolute atomic E-state index is 5.91. The van der Waals surface area contributed by atoms with Crippen molar-refractivity contribution in [2.45, 2.75) is 51.9 Å². The van der Waals surface area contributed by atoms with Gasteiger partial charge in [-0.15, -0.1) is 0 Å². The summed E-state index contributed by atoms with van der Waals surface area (Å²) >= 11 is 0. The Hall–Kier alpha value is -1.18. The van der Waals surface area contributed by atoms with E-state index in [0.29, 0.717) is 5.41 Å². The van der Waals surface area contributed by atoms with Gasteiger partial charge in [-0.05, 0) is 61.8 Å². The molecular weight excluding hydrogens is 232 g/mol. The number of nitrogens with zero attached hydrogens (tertiary/aromatic N) is 1. The van der Waals surface area contributed by atoms with Gasteiger partial charge >= 0.3 is 0 Å². The molecule has 0 amide bonds. The number of aryl methyl sites for hydroxylation is 1. The van der Waals surface area contributed by atoms with Crippen LogP contribution in [0.15, 0.2) is 18.2 Å². The highest BCUT2D eigenvalue weighted by molar-refractivity contribution is 5.58. The molecule has 19 heavy (non-hydrogen) atoms. The van der Waals surface area contributed by atoms with Crippen molar-refractivity contribution in [3.63, 3.8) is 0 Å². The van der Waals surface area contributed by atoms with Gasteiger partial charge in [0, 0.05) is 24.5 Å². The standard InChI is InChI=1S/C17H26N2/c1-14-13-15(5-6-16(14)18)19-11-9-17(10-12-19)7-3-2-4-8-17/h5-6,13H,2-4,7-12,18H2,1H3. The summed E-state index contributed by atoms with van der Waals surface area (Å²) in [5.74, 6) is 0. The van der Waals surface area contributed by atoms with Crippen LogP contribution in [0.25, 0.3) is 0 Å². The molecule has 0 radical (unpaired) electrons. The molecule has 1 heterocycles. The van der Waals surface area contributed by atoms with E-state index < -0.39 is 0 Å². The van der Waals surface area contributed by atoms with E-state index in [1.54, 1.807) is 0 Å². The first kappa shape index (κ1) is 12.8. The van der Waals surface area contributed by atoms with Gasteiger partial charge in [0.2, 0.25) is 0 Å². The summed E-state index contributed by atoms with van der Waals surface area (Å²) in [7, 11) is 0. The fourth-order valence-electron chi connectivity index (χ4n) is 3.90. The molecule has 0 bridgehead atoms. The molecule has 0 atom stereocenters. The zero-order valence-electron chi connectivity index (χ0n) is 12.1. The van der Waals surface area contributed by atoms with Gasteiger partial charge < -0.3 is 10.6 Å². The van der Waals surface area contributed by atoms with Crippen molar-refractivity contribution in [3.8, 4) is 0 Å². The van der Waals surface area contributed by atoms with Crippen LogP contribution in [-0.4, -0.2) is 13.1 Å². The van der Waals surface area contributed by atoms with Gasteiger partial charge in [-0.1, -0.05) is 19.3 Å². The van der Waals surface area contributed by atoms with Crippen LogP contribution in [0.3, 0.4) is 0 Å². The molecule has 2 nitrogen and oxygen atoms in total. The first-order chi connectivity index (χ1) is 9.19. The SMILES string of the molecule is Cc1cc(N2CCC3(CCCCC3)CC2)ccc1N. The summed E-state index contributed by atoms with van der Waals surface area (Å²) in [4.78, 5) is 2.55. The van der Waals surface area contributed by atoms with Gasteiger partial charge in [-0.25, -0.2) is 0 Å². The number of piperidine rings is 1. The predicted octanol–water partition coefficient (Wildman–Crippen LogP) is 4.13. The van der Waals surface area contributed by atoms with Crippen molar-refractivity contribution in [1.29, 1.82) is 0 Å². The molecule has 2 aliphatic rings. The van der Waals surface area contributed by atoms with E-state index in [2.05, 4.69) is 30.0 Å². The lowest BCUT2D eigenvalue weighted by atomic mass is 9.68. The van der Waals surface area contributed by atoms with Gasteiger partial charge in [0.05, 0.1) is 0 Å². The number of nitrogen functional groups attached to an aromatic ring is 1. The maximum atomic E-state index is 5.91. The fourth-order valence-corrected chi connectivity index (χ4v) is 3.90. The number of nitrogens with two attached hydrogens (primary N) is 1. The highest BCUT2D eigenvalue weighted by atomic mass is 15.1. The lowest BCUT2D eigenvalue weighted by Crippen LogP contribution is -2.41. The third-order valence-corrected chi connectivity index (χ3v) is 5.36. The Morgan fingerprint density at radius 2 is 1.68 bits per heavy atom. The van der Waals surface area contributed by atoms with Crippen molar-refractivity contribution >= 4 is 11.4 Å². The smallest absolute Gasteiger partial charge is 0.0370 e. The Bertz CT molecular complexity index is 437. The van der Waals surface area contributed by atoms with Crippen molar-refractivity contribution in [2.75, 3.05) is 23.7 Å². The summed E-state index contributed by atoms with van der Waals surface area (Å²) < 4.78 is 0. The first-order valence-electron chi connectivity index (χ1n) is 7.80. The molecule has 1 aromatic carbocycles. The lowest BCUT2D eigenvalue weighted by molar-refractivity contribution is 0.144. The number of anilines is 2. The molecule has 104 valence electrons. The zero-order chi connectivity index (χ0) is 13.3. The minimum Gasteiger partial charge on any atom is -0.399 e. The molecule has 3 rings (SSSR count). The number of benzene rings is 1. The van der Waals surface area contributed by atoms with Gasteiger partial charge in [-0.3, -0.25) is 0 Å². The Labute approximate surface area is 117 Å². The van der Waals surface area contributed by atoms with Gasteiger partial charge in [0.25, 0.3) is 0 Å². The van der Waals surface area contributed by atoms with E-state index in [9.17, 15) is 0 Å². The summed E-state index contributed by atoms with van der Waals surface area (Å²) in [6, 6.07) is 6.48. The second-order valence-electron chi connectivity index (χ2n) is 6.59. The van der Waals surface area contributed by atoms with Crippen molar-refractivity contribution in [1.82, 2.24) is 0 Å². The van der Waals surface area contributed by atoms with Crippen LogP contribution in [0.1, 0.15) is 50.5 Å². The van der Waals surface area contributed by atoms with E-state index in [0.717, 1.165) is 5.69 Å². The monoisotopic (exact) mass is 258 g/mol. The van der Waals surface area contributed by atoms with Crippen LogP contribution in [0.2, 0.25) is 0 Å². The minimum atomic E-state index is 0.692. The second kappa shape index (κ2) is 5.07. The topological polar surface area (TPSA) is 29.3 Å². The normalized spacial score (nSPS) is 22.7. The number of hydrogen-bond donors (Lipinski definition) is 1. The van der Waals surface area contributed by atoms with Crippen LogP contribution in [0.4, 0.5) is 11.4 Å². The van der Waals surface area contributed by atoms with E-state index >= 15 is 0 Å². The van der Waals surface area contributed by atoms with Crippen LogP contribution >= 0.6 is 0 Å². The van der Waals surface area contributed by atoms with Crippen molar-refractivity contribution in [2.24, 2.45) is 5.41 Å². The van der Waals surface area contributed by atoms with Gasteiger partial charge in [0.15, 0.2) is 0 Å². The molecule has 2 N–H and O–H groups in total. The van der Waals surface area contributed by atoms with Crippen molar-refractivity contribution < 1.29 is 0 Å². The lowest BCUT2D eigenvalue weighted by Gasteiger charge is -2.45. The van der Waals surface area contributed by atoms with E-state index in [1.807, 2.05) is 0 Å². The molecule has 1 saturated heterocycles. The minimum absolute atomic E-state index is 0.692. The Balaban J connectivity index is 1.67. The summed E-state index contributed by atoms with van der Waals surface area (Å²) in [5.41, 5.74) is 10.1. The molecule has 2 fully saturated rings. The van der Waals surface area contributed by atoms with Gasteiger partial charge in [-0.2, -0.15) is 0 Å². The molecule has 1 aliphatic carbocycles. The van der Waals surface area contributed by atoms with Crippen LogP contribution in [0.5, 0.6) is 0 Å². The molecule has 1 aromatic rings. The molecule has 1 spiro atoms. The highest BCUT2D eigenvalue weighted by Crippen LogP contribution is 2.45. The third kappa shape index (κ3) is 2.58. The average molecular weight is 258 g/mol. The molecule has 1 aliphatic heterocycles. The zero-order valence-corrected chi connectivity index (χ0v) is 12.1. The number of hydrogen-bond acceptors (Lipinski definition) is 2. The Morgan fingerprint density at radius 1 is 1.00 bits per heavy atom. The molecule has 1 saturated carbocycles. The molecular formula is C17H26N2. The average Bonchev–Trinajstić information content (AvgIpc) is 2.44. The largest absolute Gasteiger partial charge is 0.399 e. The summed E-state index contributed by atoms with van der Waals surface area (Å²) in [6.45, 7) is 4.55. The van der Waals surface area contributed by atoms with Crippen LogP contribution in [0, 0.1) is 12.3 Å². The van der Waals surface area contributed by atoms with Crippen LogP contribution < -0.4 is 10.6 Å². The highest BCUT2D eigenvalue weighted by Gasteiger charge is 2.35. The molecule has 0 unspecified atom stereocenters. The summed E-state index contributed by atoms with van der Waals surface area (Å²) in [6.07, 6.45) is 10.1. The van der Waals surface area contributed by atoms with Gasteiger partial charge in [0.1, 0.15) is 0 Å². The fraction of sp³-hybridized carbons (Fsp3) is 0.647. The summed E-state index contributed by atoms with van der Waals surface area (Å²) in [5, 5.41) is 0. The number of rotatable bonds is 1. The Kier molecular flexibility index (Phi) is 3.42. The van der Waals surface area contributed by atoms with E-state index in [4.69, 9.17) is 5.73 Å². The van der Waals surface area contributed by atoms with Crippen molar-refractivity contribution in [3.05, 3.63) is 23.8 Å². The predicted molar refractivity (Wildman–Crippen MR) is 82.6 cm³/mol. The first-order valence-corrected chi connectivity index (χ1v) is 7.80.